The summed E-state index contributed by atoms with van der Waals surface area (Å²) in [5, 5.41) is 3.76. The molecule has 0 amide bonds. The van der Waals surface area contributed by atoms with E-state index in [-0.39, 0.29) is 5.54 Å². The fourth-order valence-corrected chi connectivity index (χ4v) is 3.18. The lowest BCUT2D eigenvalue weighted by molar-refractivity contribution is 0.118. The largest absolute Gasteiger partial charge is 0.311 e. The van der Waals surface area contributed by atoms with Crippen molar-refractivity contribution in [3.8, 4) is 0 Å². The zero-order chi connectivity index (χ0) is 15.1. The summed E-state index contributed by atoms with van der Waals surface area (Å²) in [6.45, 7) is 16.6. The van der Waals surface area contributed by atoms with E-state index in [2.05, 4.69) is 44.8 Å². The molecule has 1 rings (SSSR count). The van der Waals surface area contributed by atoms with Gasteiger partial charge in [0, 0.05) is 18.6 Å². The van der Waals surface area contributed by atoms with E-state index in [0.717, 1.165) is 6.54 Å². The molecule has 1 N–H and O–H groups in total. The van der Waals surface area contributed by atoms with Gasteiger partial charge in [-0.2, -0.15) is 0 Å². The second kappa shape index (κ2) is 8.38. The van der Waals surface area contributed by atoms with E-state index in [1.807, 2.05) is 0 Å². The summed E-state index contributed by atoms with van der Waals surface area (Å²) in [6, 6.07) is 0. The molecule has 2 nitrogen and oxygen atoms in total. The molecule has 0 aromatic rings. The smallest absolute Gasteiger partial charge is 0.00967 e. The Morgan fingerprint density at radius 2 is 1.35 bits per heavy atom. The molecule has 120 valence electrons. The van der Waals surface area contributed by atoms with Crippen LogP contribution in [0.3, 0.4) is 0 Å². The van der Waals surface area contributed by atoms with Crippen LogP contribution in [0.15, 0.2) is 0 Å². The van der Waals surface area contributed by atoms with E-state index < -0.39 is 0 Å². The van der Waals surface area contributed by atoms with E-state index >= 15 is 0 Å². The standard InChI is InChI=1S/C18H38N2/c1-6-18(7-2,15-19-17(3,4)5)16-20-13-11-9-8-10-12-14-20/h19H,6-16H2,1-5H3. The Labute approximate surface area is 127 Å². The fraction of sp³-hybridized carbons (Fsp3) is 1.00. The minimum Gasteiger partial charge on any atom is -0.311 e. The van der Waals surface area contributed by atoms with Crippen LogP contribution in [0.5, 0.6) is 0 Å². The van der Waals surface area contributed by atoms with Gasteiger partial charge in [0.05, 0.1) is 0 Å². The Morgan fingerprint density at radius 1 is 0.850 bits per heavy atom. The highest BCUT2D eigenvalue weighted by atomic mass is 15.1. The van der Waals surface area contributed by atoms with Crippen LogP contribution in [0.4, 0.5) is 0 Å². The van der Waals surface area contributed by atoms with E-state index in [1.165, 1.54) is 64.6 Å². The second-order valence-corrected chi connectivity index (χ2v) is 7.85. The molecule has 2 heteroatoms. The van der Waals surface area contributed by atoms with Crippen LogP contribution in [0.2, 0.25) is 0 Å². The van der Waals surface area contributed by atoms with Crippen molar-refractivity contribution < 1.29 is 0 Å². The van der Waals surface area contributed by atoms with Crippen LogP contribution >= 0.6 is 0 Å². The van der Waals surface area contributed by atoms with Crippen molar-refractivity contribution in [3.05, 3.63) is 0 Å². The van der Waals surface area contributed by atoms with Gasteiger partial charge in [-0.05, 0) is 65.0 Å². The van der Waals surface area contributed by atoms with Gasteiger partial charge >= 0.3 is 0 Å². The van der Waals surface area contributed by atoms with Gasteiger partial charge in [0.1, 0.15) is 0 Å². The summed E-state index contributed by atoms with van der Waals surface area (Å²) in [5.74, 6) is 0. The molecule has 0 aromatic heterocycles. The third-order valence-corrected chi connectivity index (χ3v) is 5.00. The molecule has 1 aliphatic heterocycles. The fourth-order valence-electron chi connectivity index (χ4n) is 3.18. The minimum absolute atomic E-state index is 0.228. The number of hydrogen-bond donors (Lipinski definition) is 1. The zero-order valence-corrected chi connectivity index (χ0v) is 14.7. The topological polar surface area (TPSA) is 15.3 Å². The Bertz CT molecular complexity index is 243. The van der Waals surface area contributed by atoms with E-state index in [1.54, 1.807) is 0 Å². The number of nitrogens with one attached hydrogen (secondary N) is 1. The minimum atomic E-state index is 0.228. The first-order valence-corrected chi connectivity index (χ1v) is 8.88. The second-order valence-electron chi connectivity index (χ2n) is 7.85. The van der Waals surface area contributed by atoms with E-state index in [4.69, 9.17) is 0 Å². The molecule has 1 saturated heterocycles. The third kappa shape index (κ3) is 6.58. The lowest BCUT2D eigenvalue weighted by Gasteiger charge is -2.40. The highest BCUT2D eigenvalue weighted by molar-refractivity contribution is 4.86. The van der Waals surface area contributed by atoms with Crippen molar-refractivity contribution in [2.75, 3.05) is 26.2 Å². The maximum Gasteiger partial charge on any atom is 0.00967 e. The first kappa shape index (κ1) is 18.0. The van der Waals surface area contributed by atoms with Crippen LogP contribution in [0.1, 0.15) is 79.6 Å². The number of likely N-dealkylation sites (tertiary alicyclic amines) is 1. The van der Waals surface area contributed by atoms with Gasteiger partial charge in [-0.25, -0.2) is 0 Å². The first-order valence-electron chi connectivity index (χ1n) is 8.88. The van der Waals surface area contributed by atoms with Crippen molar-refractivity contribution in [2.24, 2.45) is 5.41 Å². The van der Waals surface area contributed by atoms with Gasteiger partial charge in [-0.3, -0.25) is 0 Å². The van der Waals surface area contributed by atoms with Crippen molar-refractivity contribution >= 4 is 0 Å². The van der Waals surface area contributed by atoms with Gasteiger partial charge in [-0.15, -0.1) is 0 Å². The predicted molar refractivity (Wildman–Crippen MR) is 90.3 cm³/mol. The molecule has 0 bridgehead atoms. The number of nitrogens with zero attached hydrogens (tertiary/aromatic N) is 1. The molecule has 0 spiro atoms. The molecule has 1 fully saturated rings. The van der Waals surface area contributed by atoms with Crippen molar-refractivity contribution in [1.29, 1.82) is 0 Å². The predicted octanol–water partition coefficient (Wildman–Crippen LogP) is 4.45. The maximum absolute atomic E-state index is 3.76. The first-order chi connectivity index (χ1) is 9.41. The SMILES string of the molecule is CCC(CC)(CNC(C)(C)C)CN1CCCCCCC1. The number of hydrogen-bond acceptors (Lipinski definition) is 2. The molecular weight excluding hydrogens is 244 g/mol. The molecule has 20 heavy (non-hydrogen) atoms. The van der Waals surface area contributed by atoms with Gasteiger partial charge in [0.25, 0.3) is 0 Å². The van der Waals surface area contributed by atoms with Crippen molar-refractivity contribution in [2.45, 2.75) is 85.1 Å². The summed E-state index contributed by atoms with van der Waals surface area (Å²) in [5.41, 5.74) is 0.679. The lowest BCUT2D eigenvalue weighted by Crippen LogP contribution is -2.49. The molecule has 1 heterocycles. The maximum atomic E-state index is 3.76. The summed E-state index contributed by atoms with van der Waals surface area (Å²) in [4.78, 5) is 2.75. The molecule has 0 saturated carbocycles. The Hall–Kier alpha value is -0.0800. The van der Waals surface area contributed by atoms with Gasteiger partial charge in [0.15, 0.2) is 0 Å². The molecule has 0 unspecified atom stereocenters. The molecule has 0 aliphatic carbocycles. The Kier molecular flexibility index (Phi) is 7.53. The summed E-state index contributed by atoms with van der Waals surface area (Å²) in [6.07, 6.45) is 9.68. The van der Waals surface area contributed by atoms with Crippen molar-refractivity contribution in [3.63, 3.8) is 0 Å². The summed E-state index contributed by atoms with van der Waals surface area (Å²) >= 11 is 0. The van der Waals surface area contributed by atoms with Gasteiger partial charge in [0.2, 0.25) is 0 Å². The highest BCUT2D eigenvalue weighted by Gasteiger charge is 2.30. The average molecular weight is 283 g/mol. The van der Waals surface area contributed by atoms with Gasteiger partial charge in [-0.1, -0.05) is 33.1 Å². The molecule has 0 radical (unpaired) electrons. The normalized spacial score (nSPS) is 19.6. The van der Waals surface area contributed by atoms with Crippen LogP contribution in [-0.4, -0.2) is 36.6 Å². The molecule has 0 aromatic carbocycles. The molecule has 0 atom stereocenters. The molecular formula is C18H38N2. The van der Waals surface area contributed by atoms with E-state index in [0.29, 0.717) is 5.41 Å². The molecule has 1 aliphatic rings. The number of rotatable bonds is 6. The zero-order valence-electron chi connectivity index (χ0n) is 14.7. The quantitative estimate of drug-likeness (QED) is 0.774. The van der Waals surface area contributed by atoms with Crippen LogP contribution in [0, 0.1) is 5.41 Å². The van der Waals surface area contributed by atoms with E-state index in [9.17, 15) is 0 Å². The van der Waals surface area contributed by atoms with Crippen LogP contribution < -0.4 is 5.32 Å². The Morgan fingerprint density at radius 3 is 1.80 bits per heavy atom. The van der Waals surface area contributed by atoms with Crippen LogP contribution in [-0.2, 0) is 0 Å². The highest BCUT2D eigenvalue weighted by Crippen LogP contribution is 2.28. The summed E-state index contributed by atoms with van der Waals surface area (Å²) < 4.78 is 0. The third-order valence-electron chi connectivity index (χ3n) is 5.00. The van der Waals surface area contributed by atoms with Crippen molar-refractivity contribution in [1.82, 2.24) is 10.2 Å². The lowest BCUT2D eigenvalue weighted by atomic mass is 9.80. The van der Waals surface area contributed by atoms with Gasteiger partial charge < -0.3 is 10.2 Å². The summed E-state index contributed by atoms with van der Waals surface area (Å²) in [7, 11) is 0. The van der Waals surface area contributed by atoms with Crippen LogP contribution in [0.25, 0.3) is 0 Å². The monoisotopic (exact) mass is 282 g/mol. The Balaban J connectivity index is 2.58. The average Bonchev–Trinajstić information content (AvgIpc) is 2.36.